The minimum Gasteiger partial charge on any atom is -0.481 e. The van der Waals surface area contributed by atoms with Crippen molar-refractivity contribution in [1.82, 2.24) is 4.90 Å². The van der Waals surface area contributed by atoms with Gasteiger partial charge in [0.15, 0.2) is 0 Å². The van der Waals surface area contributed by atoms with E-state index in [4.69, 9.17) is 15.9 Å². The first-order chi connectivity index (χ1) is 9.36. The summed E-state index contributed by atoms with van der Waals surface area (Å²) in [5.74, 6) is -4.46. The van der Waals surface area contributed by atoms with Crippen LogP contribution in [0, 0.1) is 11.8 Å². The van der Waals surface area contributed by atoms with Crippen molar-refractivity contribution in [3.05, 3.63) is 0 Å². The lowest BCUT2D eigenvalue weighted by Gasteiger charge is -2.35. The summed E-state index contributed by atoms with van der Waals surface area (Å²) in [6.07, 6.45) is 1.96. The molecule has 1 amide bonds. The molecule has 1 fully saturated rings. The van der Waals surface area contributed by atoms with Crippen LogP contribution in [0.5, 0.6) is 0 Å². The van der Waals surface area contributed by atoms with Crippen molar-refractivity contribution in [1.29, 1.82) is 0 Å². The van der Waals surface area contributed by atoms with Crippen LogP contribution < -0.4 is 5.73 Å². The molecule has 7 nitrogen and oxygen atoms in total. The van der Waals surface area contributed by atoms with Gasteiger partial charge in [0.1, 0.15) is 0 Å². The maximum absolute atomic E-state index is 12.0. The molecule has 3 unspecified atom stereocenters. The molecule has 1 aliphatic rings. The highest BCUT2D eigenvalue weighted by Crippen LogP contribution is 2.25. The number of aliphatic carboxylic acids is 2. The summed E-state index contributed by atoms with van der Waals surface area (Å²) in [7, 11) is 0. The van der Waals surface area contributed by atoms with Crippen LogP contribution in [0.15, 0.2) is 0 Å². The van der Waals surface area contributed by atoms with E-state index in [9.17, 15) is 14.4 Å². The van der Waals surface area contributed by atoms with E-state index < -0.39 is 23.8 Å². The van der Waals surface area contributed by atoms with Gasteiger partial charge in [-0.25, -0.2) is 0 Å². The molecule has 3 atom stereocenters. The third-order valence-corrected chi connectivity index (χ3v) is 3.70. The summed E-state index contributed by atoms with van der Waals surface area (Å²) < 4.78 is 0. The van der Waals surface area contributed by atoms with Crippen molar-refractivity contribution >= 4 is 17.8 Å². The maximum Gasteiger partial charge on any atom is 0.309 e. The monoisotopic (exact) mass is 286 g/mol. The Bertz CT molecular complexity index is 385. The second-order valence-corrected chi connectivity index (χ2v) is 5.27. The Labute approximate surface area is 117 Å². The zero-order valence-electron chi connectivity index (χ0n) is 11.6. The van der Waals surface area contributed by atoms with Crippen LogP contribution in [0.2, 0.25) is 0 Å². The number of rotatable bonds is 6. The summed E-state index contributed by atoms with van der Waals surface area (Å²) in [6.45, 7) is 2.20. The predicted molar refractivity (Wildman–Crippen MR) is 70.9 cm³/mol. The molecule has 0 bridgehead atoms. The molecule has 1 saturated heterocycles. The Kier molecular flexibility index (Phi) is 5.94. The van der Waals surface area contributed by atoms with E-state index in [0.29, 0.717) is 0 Å². The molecule has 0 spiro atoms. The molecule has 4 N–H and O–H groups in total. The Morgan fingerprint density at radius 1 is 1.25 bits per heavy atom. The summed E-state index contributed by atoms with van der Waals surface area (Å²) in [6, 6.07) is -0.229. The molecule has 1 rings (SSSR count). The summed E-state index contributed by atoms with van der Waals surface area (Å²) >= 11 is 0. The Morgan fingerprint density at radius 2 is 1.85 bits per heavy atom. The van der Waals surface area contributed by atoms with Gasteiger partial charge in [0.2, 0.25) is 5.91 Å². The number of hydrogen-bond acceptors (Lipinski definition) is 4. The molecule has 0 radical (unpaired) electrons. The van der Waals surface area contributed by atoms with Crippen molar-refractivity contribution < 1.29 is 24.6 Å². The van der Waals surface area contributed by atoms with Crippen LogP contribution >= 0.6 is 0 Å². The fourth-order valence-corrected chi connectivity index (χ4v) is 2.55. The number of carboxylic acid groups (broad SMARTS) is 2. The van der Waals surface area contributed by atoms with Crippen LogP contribution in [-0.4, -0.2) is 52.1 Å². The van der Waals surface area contributed by atoms with E-state index in [0.717, 1.165) is 12.8 Å². The number of carboxylic acids is 2. The molecule has 0 aromatic rings. The third-order valence-electron chi connectivity index (χ3n) is 3.70. The molecule has 7 heteroatoms. The largest absolute Gasteiger partial charge is 0.481 e. The van der Waals surface area contributed by atoms with Crippen LogP contribution in [0.4, 0.5) is 0 Å². The summed E-state index contributed by atoms with van der Waals surface area (Å²) in [5, 5.41) is 18.1. The summed E-state index contributed by atoms with van der Waals surface area (Å²) in [5.41, 5.74) is 5.80. The van der Waals surface area contributed by atoms with E-state index in [1.54, 1.807) is 0 Å². The zero-order valence-corrected chi connectivity index (χ0v) is 11.6. The Morgan fingerprint density at radius 3 is 2.35 bits per heavy atom. The van der Waals surface area contributed by atoms with E-state index in [2.05, 4.69) is 0 Å². The fraction of sp³-hybridized carbons (Fsp3) is 0.769. The highest BCUT2D eigenvalue weighted by molar-refractivity contribution is 5.82. The molecule has 0 aromatic carbocycles. The lowest BCUT2D eigenvalue weighted by Crippen LogP contribution is -2.49. The van der Waals surface area contributed by atoms with Gasteiger partial charge in [0.25, 0.3) is 0 Å². The number of likely N-dealkylation sites (tertiary alicyclic amines) is 1. The van der Waals surface area contributed by atoms with Crippen LogP contribution in [-0.2, 0) is 14.4 Å². The first-order valence-corrected chi connectivity index (χ1v) is 6.85. The molecule has 0 aromatic heterocycles. The van der Waals surface area contributed by atoms with Gasteiger partial charge in [-0.1, -0.05) is 13.3 Å². The molecular formula is C13H22N2O5. The topological polar surface area (TPSA) is 121 Å². The van der Waals surface area contributed by atoms with Gasteiger partial charge in [-0.05, 0) is 12.8 Å². The van der Waals surface area contributed by atoms with Crippen molar-refractivity contribution in [2.75, 3.05) is 13.1 Å². The average Bonchev–Trinajstić information content (AvgIpc) is 2.37. The SMILES string of the molecule is CCCC(N)CC(=O)N1CCC(C(=O)O)C(C(=O)O)C1. The third kappa shape index (κ3) is 4.19. The number of nitrogens with zero attached hydrogens (tertiary/aromatic N) is 1. The van der Waals surface area contributed by atoms with Crippen LogP contribution in [0.1, 0.15) is 32.6 Å². The normalized spacial score (nSPS) is 24.2. The quantitative estimate of drug-likeness (QED) is 0.638. The van der Waals surface area contributed by atoms with Crippen molar-refractivity contribution in [2.24, 2.45) is 17.6 Å². The molecular weight excluding hydrogens is 264 g/mol. The van der Waals surface area contributed by atoms with Crippen molar-refractivity contribution in [3.8, 4) is 0 Å². The first kappa shape index (κ1) is 16.4. The van der Waals surface area contributed by atoms with Crippen LogP contribution in [0.3, 0.4) is 0 Å². The lowest BCUT2D eigenvalue weighted by molar-refractivity contribution is -0.159. The summed E-state index contributed by atoms with van der Waals surface area (Å²) in [4.78, 5) is 35.6. The molecule has 0 saturated carbocycles. The van der Waals surface area contributed by atoms with Gasteiger partial charge in [0.05, 0.1) is 11.8 Å². The average molecular weight is 286 g/mol. The number of nitrogens with two attached hydrogens (primary N) is 1. The fourth-order valence-electron chi connectivity index (χ4n) is 2.55. The highest BCUT2D eigenvalue weighted by atomic mass is 16.4. The van der Waals surface area contributed by atoms with Crippen molar-refractivity contribution in [2.45, 2.75) is 38.6 Å². The minimum absolute atomic E-state index is 0.0516. The number of carbonyl (C=O) groups is 3. The van der Waals surface area contributed by atoms with Gasteiger partial charge in [-0.2, -0.15) is 0 Å². The second kappa shape index (κ2) is 7.23. The molecule has 1 heterocycles. The Hall–Kier alpha value is -1.63. The number of carbonyl (C=O) groups excluding carboxylic acids is 1. The highest BCUT2D eigenvalue weighted by Gasteiger charge is 2.40. The Balaban J connectivity index is 2.64. The predicted octanol–water partition coefficient (Wildman–Crippen LogP) is 0.138. The van der Waals surface area contributed by atoms with Gasteiger partial charge >= 0.3 is 11.9 Å². The molecule has 0 aliphatic carbocycles. The maximum atomic E-state index is 12.0. The number of piperidine rings is 1. The molecule has 20 heavy (non-hydrogen) atoms. The van der Waals surface area contributed by atoms with E-state index >= 15 is 0 Å². The number of hydrogen-bond donors (Lipinski definition) is 3. The molecule has 114 valence electrons. The second-order valence-electron chi connectivity index (χ2n) is 5.27. The standard InChI is InChI=1S/C13H22N2O5/c1-2-3-8(14)6-11(16)15-5-4-9(12(17)18)10(7-15)13(19)20/h8-10H,2-7,14H2,1H3,(H,17,18)(H,19,20). The van der Waals surface area contributed by atoms with Gasteiger partial charge in [-0.15, -0.1) is 0 Å². The molecule has 1 aliphatic heterocycles. The smallest absolute Gasteiger partial charge is 0.309 e. The first-order valence-electron chi connectivity index (χ1n) is 6.85. The van der Waals surface area contributed by atoms with Crippen molar-refractivity contribution in [3.63, 3.8) is 0 Å². The lowest BCUT2D eigenvalue weighted by atomic mass is 9.85. The minimum atomic E-state index is -1.17. The number of amides is 1. The van der Waals surface area contributed by atoms with E-state index in [1.807, 2.05) is 6.92 Å². The van der Waals surface area contributed by atoms with Gasteiger partial charge in [0, 0.05) is 25.6 Å². The zero-order chi connectivity index (χ0) is 15.3. The van der Waals surface area contributed by atoms with Crippen LogP contribution in [0.25, 0.3) is 0 Å². The van der Waals surface area contributed by atoms with E-state index in [-0.39, 0.29) is 37.9 Å². The van der Waals surface area contributed by atoms with Gasteiger partial charge < -0.3 is 20.8 Å². The van der Waals surface area contributed by atoms with E-state index in [1.165, 1.54) is 4.90 Å². The van der Waals surface area contributed by atoms with Gasteiger partial charge in [-0.3, -0.25) is 14.4 Å².